The molecule has 0 atom stereocenters. The minimum absolute atomic E-state index is 0.411. The van der Waals surface area contributed by atoms with E-state index in [-0.39, 0.29) is 0 Å². The molecule has 0 aliphatic heterocycles. The first-order valence-electron chi connectivity index (χ1n) is 6.54. The van der Waals surface area contributed by atoms with Crippen molar-refractivity contribution in [3.63, 3.8) is 0 Å². The number of rotatable bonds is 3. The van der Waals surface area contributed by atoms with Gasteiger partial charge in [-0.25, -0.2) is 4.98 Å². The molecule has 2 rings (SSSR count). The van der Waals surface area contributed by atoms with Gasteiger partial charge in [0.25, 0.3) is 0 Å². The lowest BCUT2D eigenvalue weighted by Gasteiger charge is -2.31. The van der Waals surface area contributed by atoms with Gasteiger partial charge in [0.2, 0.25) is 5.95 Å². The molecule has 0 aromatic carbocycles. The minimum Gasteiger partial charge on any atom is -0.367 e. The van der Waals surface area contributed by atoms with Gasteiger partial charge in [-0.05, 0) is 49.7 Å². The van der Waals surface area contributed by atoms with Crippen molar-refractivity contribution in [3.8, 4) is 0 Å². The molecular weight excluding hydrogens is 215 g/mol. The van der Waals surface area contributed by atoms with Crippen LogP contribution >= 0.6 is 0 Å². The summed E-state index contributed by atoms with van der Waals surface area (Å²) >= 11 is 0. The van der Waals surface area contributed by atoms with Crippen LogP contribution in [-0.4, -0.2) is 11.0 Å². The third kappa shape index (κ3) is 3.42. The first-order chi connectivity index (χ1) is 8.15. The van der Waals surface area contributed by atoms with Crippen LogP contribution in [-0.2, 0) is 0 Å². The molecule has 1 aromatic heterocycles. The van der Waals surface area contributed by atoms with Crippen molar-refractivity contribution in [2.24, 2.45) is 11.8 Å². The van der Waals surface area contributed by atoms with Crippen LogP contribution in [0, 0.1) is 17.8 Å². The van der Waals surface area contributed by atoms with Crippen molar-refractivity contribution in [2.45, 2.75) is 45.6 Å². The molecule has 1 aliphatic carbocycles. The average Bonchev–Trinajstić information content (AvgIpc) is 2.29. The predicted molar refractivity (Wildman–Crippen MR) is 68.4 cm³/mol. The van der Waals surface area contributed by atoms with Crippen molar-refractivity contribution < 1.29 is 4.39 Å². The number of halogens is 1. The summed E-state index contributed by atoms with van der Waals surface area (Å²) in [7, 11) is 0. The summed E-state index contributed by atoms with van der Waals surface area (Å²) < 4.78 is 12.9. The van der Waals surface area contributed by atoms with Gasteiger partial charge < -0.3 is 5.32 Å². The highest BCUT2D eigenvalue weighted by atomic mass is 19.1. The molecule has 0 radical (unpaired) electrons. The van der Waals surface area contributed by atoms with Gasteiger partial charge in [0.05, 0.1) is 0 Å². The van der Waals surface area contributed by atoms with E-state index in [4.69, 9.17) is 0 Å². The molecule has 1 heterocycles. The summed E-state index contributed by atoms with van der Waals surface area (Å²) in [5, 5.41) is 3.33. The molecule has 0 spiro atoms. The Kier molecular flexibility index (Phi) is 3.97. The Morgan fingerprint density at radius 1 is 1.24 bits per heavy atom. The summed E-state index contributed by atoms with van der Waals surface area (Å²) in [5.74, 6) is 1.89. The third-order valence-electron chi connectivity index (χ3n) is 3.78. The maximum absolute atomic E-state index is 12.9. The van der Waals surface area contributed by atoms with Gasteiger partial charge in [0.15, 0.2) is 0 Å². The molecule has 17 heavy (non-hydrogen) atoms. The van der Waals surface area contributed by atoms with Crippen molar-refractivity contribution in [1.29, 1.82) is 0 Å². The summed E-state index contributed by atoms with van der Waals surface area (Å²) in [5.41, 5.74) is 0. The van der Waals surface area contributed by atoms with Crippen LogP contribution in [0.3, 0.4) is 0 Å². The van der Waals surface area contributed by atoms with Crippen molar-refractivity contribution in [3.05, 3.63) is 24.1 Å². The van der Waals surface area contributed by atoms with Gasteiger partial charge in [-0.1, -0.05) is 19.9 Å². The number of anilines is 1. The van der Waals surface area contributed by atoms with Gasteiger partial charge in [0, 0.05) is 6.04 Å². The van der Waals surface area contributed by atoms with E-state index in [1.807, 2.05) is 6.07 Å². The Balaban J connectivity index is 1.86. The molecule has 1 saturated carbocycles. The standard InChI is InChI=1S/C14H21FN2/c1-10(2)11-6-8-12(9-7-11)16-14-5-3-4-13(15)17-14/h3-5,10-12H,6-9H2,1-2H3,(H,16,17). The molecule has 1 aliphatic rings. The van der Waals surface area contributed by atoms with Crippen LogP contribution in [0.5, 0.6) is 0 Å². The van der Waals surface area contributed by atoms with E-state index in [0.29, 0.717) is 11.9 Å². The van der Waals surface area contributed by atoms with Crippen LogP contribution < -0.4 is 5.32 Å². The van der Waals surface area contributed by atoms with E-state index in [2.05, 4.69) is 24.1 Å². The zero-order chi connectivity index (χ0) is 12.3. The van der Waals surface area contributed by atoms with E-state index in [1.54, 1.807) is 6.07 Å². The van der Waals surface area contributed by atoms with Crippen LogP contribution in [0.1, 0.15) is 39.5 Å². The number of hydrogen-bond donors (Lipinski definition) is 1. The summed E-state index contributed by atoms with van der Waals surface area (Å²) in [6.45, 7) is 4.60. The second kappa shape index (κ2) is 5.48. The quantitative estimate of drug-likeness (QED) is 0.806. The summed E-state index contributed by atoms with van der Waals surface area (Å²) in [4.78, 5) is 3.84. The van der Waals surface area contributed by atoms with Crippen LogP contribution in [0.15, 0.2) is 18.2 Å². The minimum atomic E-state index is -0.411. The Labute approximate surface area is 103 Å². The molecule has 1 aromatic rings. The third-order valence-corrected chi connectivity index (χ3v) is 3.78. The maximum atomic E-state index is 12.9. The number of nitrogens with zero attached hydrogens (tertiary/aromatic N) is 1. The van der Waals surface area contributed by atoms with Crippen LogP contribution in [0.4, 0.5) is 10.2 Å². The van der Waals surface area contributed by atoms with Crippen molar-refractivity contribution in [2.75, 3.05) is 5.32 Å². The Morgan fingerprint density at radius 3 is 2.53 bits per heavy atom. The first kappa shape index (κ1) is 12.3. The van der Waals surface area contributed by atoms with E-state index in [0.717, 1.165) is 11.8 Å². The molecule has 2 nitrogen and oxygen atoms in total. The Bertz CT molecular complexity index is 357. The van der Waals surface area contributed by atoms with Gasteiger partial charge in [-0.2, -0.15) is 4.39 Å². The van der Waals surface area contributed by atoms with Gasteiger partial charge in [-0.3, -0.25) is 0 Å². The molecule has 0 amide bonds. The second-order valence-electron chi connectivity index (χ2n) is 5.35. The molecule has 0 bridgehead atoms. The number of pyridine rings is 1. The predicted octanol–water partition coefficient (Wildman–Crippen LogP) is 3.85. The normalized spacial score (nSPS) is 24.9. The fraction of sp³-hybridized carbons (Fsp3) is 0.643. The number of aromatic nitrogens is 1. The first-order valence-corrected chi connectivity index (χ1v) is 6.54. The summed E-state index contributed by atoms with van der Waals surface area (Å²) in [6, 6.07) is 5.36. The highest BCUT2D eigenvalue weighted by Gasteiger charge is 2.23. The van der Waals surface area contributed by atoms with E-state index < -0.39 is 5.95 Å². The smallest absolute Gasteiger partial charge is 0.214 e. The van der Waals surface area contributed by atoms with Gasteiger partial charge in [-0.15, -0.1) is 0 Å². The zero-order valence-corrected chi connectivity index (χ0v) is 10.6. The van der Waals surface area contributed by atoms with Crippen molar-refractivity contribution >= 4 is 5.82 Å². The molecule has 94 valence electrons. The highest BCUT2D eigenvalue weighted by molar-refractivity contribution is 5.34. The molecular formula is C14H21FN2. The maximum Gasteiger partial charge on any atom is 0.214 e. The van der Waals surface area contributed by atoms with E-state index in [1.165, 1.54) is 31.7 Å². The number of hydrogen-bond acceptors (Lipinski definition) is 2. The highest BCUT2D eigenvalue weighted by Crippen LogP contribution is 2.30. The Morgan fingerprint density at radius 2 is 1.94 bits per heavy atom. The van der Waals surface area contributed by atoms with E-state index in [9.17, 15) is 4.39 Å². The largest absolute Gasteiger partial charge is 0.367 e. The fourth-order valence-corrected chi connectivity index (χ4v) is 2.63. The monoisotopic (exact) mass is 236 g/mol. The molecule has 0 saturated heterocycles. The molecule has 3 heteroatoms. The van der Waals surface area contributed by atoms with Crippen LogP contribution in [0.2, 0.25) is 0 Å². The second-order valence-corrected chi connectivity index (χ2v) is 5.35. The fourth-order valence-electron chi connectivity index (χ4n) is 2.63. The zero-order valence-electron chi connectivity index (χ0n) is 10.6. The lowest BCUT2D eigenvalue weighted by atomic mass is 9.80. The van der Waals surface area contributed by atoms with Gasteiger partial charge in [0.1, 0.15) is 5.82 Å². The topological polar surface area (TPSA) is 24.9 Å². The lowest BCUT2D eigenvalue weighted by molar-refractivity contribution is 0.266. The molecule has 1 fully saturated rings. The number of nitrogens with one attached hydrogen (secondary N) is 1. The Hall–Kier alpha value is -1.12. The van der Waals surface area contributed by atoms with Crippen molar-refractivity contribution in [1.82, 2.24) is 4.98 Å². The average molecular weight is 236 g/mol. The van der Waals surface area contributed by atoms with Gasteiger partial charge >= 0.3 is 0 Å². The van der Waals surface area contributed by atoms with Crippen LogP contribution in [0.25, 0.3) is 0 Å². The van der Waals surface area contributed by atoms with E-state index >= 15 is 0 Å². The SMILES string of the molecule is CC(C)C1CCC(Nc2cccc(F)n2)CC1. The summed E-state index contributed by atoms with van der Waals surface area (Å²) in [6.07, 6.45) is 4.87. The lowest BCUT2D eigenvalue weighted by Crippen LogP contribution is -2.28. The molecule has 0 unspecified atom stereocenters. The molecule has 1 N–H and O–H groups in total.